The zero-order valence-electron chi connectivity index (χ0n) is 16.5. The molecule has 4 heteroatoms. The number of benzene rings is 1. The SMILES string of the molecule is CC(C)(C)c1cc([CH]=[Co])c(O)c(C(C)(C)C)c1.[NH-]C1CCCCC1[NH-]. The fraction of sp³-hybridized carbons (Fsp3) is 0.667. The van der Waals surface area contributed by atoms with E-state index in [0.717, 1.165) is 24.0 Å². The Balaban J connectivity index is 0.000000324. The van der Waals surface area contributed by atoms with Gasteiger partial charge in [-0.3, -0.25) is 0 Å². The van der Waals surface area contributed by atoms with Crippen LogP contribution in [0.2, 0.25) is 0 Å². The van der Waals surface area contributed by atoms with E-state index in [1.807, 2.05) is 6.07 Å². The summed E-state index contributed by atoms with van der Waals surface area (Å²) in [6.45, 7) is 12.8. The molecule has 0 aliphatic heterocycles. The van der Waals surface area contributed by atoms with E-state index in [0.29, 0.717) is 5.75 Å². The molecule has 0 aromatic heterocycles. The maximum atomic E-state index is 10.2. The van der Waals surface area contributed by atoms with E-state index in [4.69, 9.17) is 11.5 Å². The second-order valence-electron chi connectivity index (χ2n) is 9.06. The van der Waals surface area contributed by atoms with Crippen molar-refractivity contribution in [2.45, 2.75) is 90.1 Å². The molecule has 25 heavy (non-hydrogen) atoms. The molecule has 0 bridgehead atoms. The van der Waals surface area contributed by atoms with Crippen molar-refractivity contribution in [3.05, 3.63) is 40.3 Å². The van der Waals surface area contributed by atoms with Gasteiger partial charge >= 0.3 is 112 Å². The quantitative estimate of drug-likeness (QED) is 0.621. The third-order valence-electron chi connectivity index (χ3n) is 4.68. The minimum atomic E-state index is -0.0799. The van der Waals surface area contributed by atoms with Gasteiger partial charge in [0.05, 0.1) is 0 Å². The van der Waals surface area contributed by atoms with Crippen LogP contribution in [-0.4, -0.2) is 22.1 Å². The summed E-state index contributed by atoms with van der Waals surface area (Å²) >= 11 is 4.23. The molecule has 3 N–H and O–H groups in total. The van der Waals surface area contributed by atoms with Crippen LogP contribution >= 0.6 is 0 Å². The normalized spacial score (nSPS) is 21.3. The van der Waals surface area contributed by atoms with Gasteiger partial charge in [-0.2, -0.15) is 12.1 Å². The standard InChI is InChI=1S/C15H22O.C6H12N2.Co/c1-10-8-11(14(2,3)4)9-12(13(10)16)15(5,6)7;7-5-3-1-2-4-6(5)8;/h1,8-9,16H,2-7H3;5-8H,1-4H2;/q;-2;. The van der Waals surface area contributed by atoms with Crippen molar-refractivity contribution in [2.24, 2.45) is 0 Å². The monoisotopic (exact) mass is 389 g/mol. The van der Waals surface area contributed by atoms with Gasteiger partial charge in [-0.25, -0.2) is 0 Å². The summed E-state index contributed by atoms with van der Waals surface area (Å²) in [5.41, 5.74) is 17.6. The Hall–Kier alpha value is -0.684. The molecule has 3 nitrogen and oxygen atoms in total. The molecule has 1 aliphatic rings. The van der Waals surface area contributed by atoms with Crippen LogP contribution in [0.4, 0.5) is 0 Å². The largest absolute Gasteiger partial charge is 0.676 e. The molecule has 0 radical (unpaired) electrons. The van der Waals surface area contributed by atoms with Crippen LogP contribution in [0.5, 0.6) is 5.75 Å². The van der Waals surface area contributed by atoms with Gasteiger partial charge in [0.1, 0.15) is 0 Å². The third-order valence-corrected chi connectivity index (χ3v) is 5.01. The molecule has 1 aromatic rings. The van der Waals surface area contributed by atoms with Crippen molar-refractivity contribution < 1.29 is 20.4 Å². The van der Waals surface area contributed by atoms with Crippen LogP contribution in [-0.2, 0) is 26.1 Å². The first-order valence-corrected chi connectivity index (χ1v) is 9.69. The van der Waals surface area contributed by atoms with Gasteiger partial charge in [0.15, 0.2) is 0 Å². The van der Waals surface area contributed by atoms with Gasteiger partial charge in [0, 0.05) is 0 Å². The first kappa shape index (κ1) is 22.4. The molecular weight excluding hydrogens is 355 g/mol. The topological polar surface area (TPSA) is 67.8 Å². The second-order valence-corrected chi connectivity index (χ2v) is 9.36. The molecule has 1 fully saturated rings. The Morgan fingerprint density at radius 1 is 0.960 bits per heavy atom. The van der Waals surface area contributed by atoms with Crippen LogP contribution in [0.15, 0.2) is 12.1 Å². The van der Waals surface area contributed by atoms with Crippen LogP contribution in [0.1, 0.15) is 83.9 Å². The third kappa shape index (κ3) is 6.52. The van der Waals surface area contributed by atoms with E-state index < -0.39 is 0 Å². The Morgan fingerprint density at radius 2 is 1.44 bits per heavy atom. The predicted octanol–water partition coefficient (Wildman–Crippen LogP) is 6.09. The molecule has 0 amide bonds. The van der Waals surface area contributed by atoms with E-state index in [1.54, 1.807) is 4.96 Å². The van der Waals surface area contributed by atoms with Crippen LogP contribution in [0, 0.1) is 0 Å². The minimum absolute atomic E-state index is 0.0679. The Kier molecular flexibility index (Phi) is 7.87. The minimum Gasteiger partial charge on any atom is -0.676 e. The van der Waals surface area contributed by atoms with E-state index in [1.165, 1.54) is 18.4 Å². The summed E-state index contributed by atoms with van der Waals surface area (Å²) in [4.78, 5) is 1.66. The number of rotatable bonds is 1. The first-order chi connectivity index (χ1) is 11.4. The Morgan fingerprint density at radius 3 is 1.76 bits per heavy atom. The number of hydrogen-bond acceptors (Lipinski definition) is 1. The van der Waals surface area contributed by atoms with Gasteiger partial charge in [-0.05, 0) is 0 Å². The fourth-order valence-corrected chi connectivity index (χ4v) is 3.09. The van der Waals surface area contributed by atoms with E-state index >= 15 is 0 Å². The molecule has 145 valence electrons. The van der Waals surface area contributed by atoms with E-state index in [2.05, 4.69) is 62.9 Å². The molecule has 1 saturated carbocycles. The molecule has 1 aliphatic carbocycles. The predicted molar refractivity (Wildman–Crippen MR) is 105 cm³/mol. The van der Waals surface area contributed by atoms with Gasteiger partial charge < -0.3 is 11.5 Å². The smallest absolute Gasteiger partial charge is 0.0548 e. The van der Waals surface area contributed by atoms with E-state index in [-0.39, 0.29) is 22.9 Å². The summed E-state index contributed by atoms with van der Waals surface area (Å²) in [6.07, 6.45) is 4.25. The summed E-state index contributed by atoms with van der Waals surface area (Å²) < 4.78 is 0. The average molecular weight is 389 g/mol. The molecule has 2 atom stereocenters. The van der Waals surface area contributed by atoms with Crippen molar-refractivity contribution >= 4 is 4.96 Å². The van der Waals surface area contributed by atoms with Crippen molar-refractivity contribution in [1.29, 1.82) is 0 Å². The molecule has 0 saturated heterocycles. The summed E-state index contributed by atoms with van der Waals surface area (Å²) in [5.74, 6) is 0.346. The second kappa shape index (κ2) is 8.80. The van der Waals surface area contributed by atoms with Gasteiger partial charge in [0.25, 0.3) is 0 Å². The summed E-state index contributed by atoms with van der Waals surface area (Å²) in [7, 11) is 0. The van der Waals surface area contributed by atoms with Crippen LogP contribution < -0.4 is 0 Å². The maximum Gasteiger partial charge on any atom is -0.0548 e. The Bertz CT molecular complexity index is 575. The number of phenolic OH excluding ortho intramolecular Hbond substituents is 1. The van der Waals surface area contributed by atoms with Crippen molar-refractivity contribution in [3.63, 3.8) is 0 Å². The molecular formula is C21H34CoN2O-2. The van der Waals surface area contributed by atoms with Crippen molar-refractivity contribution in [2.75, 3.05) is 0 Å². The molecule has 0 heterocycles. The average Bonchev–Trinajstić information content (AvgIpc) is 2.49. The van der Waals surface area contributed by atoms with Gasteiger partial charge in [-0.1, -0.05) is 25.7 Å². The molecule has 1 aromatic carbocycles. The molecule has 0 spiro atoms. The first-order valence-electron chi connectivity index (χ1n) is 9.09. The number of hydrogen-bond donors (Lipinski definition) is 1. The molecule has 2 unspecified atom stereocenters. The van der Waals surface area contributed by atoms with Crippen LogP contribution in [0.3, 0.4) is 0 Å². The number of aromatic hydroxyl groups is 1. The zero-order valence-corrected chi connectivity index (χ0v) is 17.5. The number of phenols is 1. The van der Waals surface area contributed by atoms with Gasteiger partial charge in [0.2, 0.25) is 0 Å². The zero-order chi connectivity index (χ0) is 19.4. The van der Waals surface area contributed by atoms with E-state index in [9.17, 15) is 5.11 Å². The number of nitrogens with one attached hydrogen (secondary N) is 2. The van der Waals surface area contributed by atoms with Crippen LogP contribution in [0.25, 0.3) is 11.5 Å². The maximum absolute atomic E-state index is 10.2. The summed E-state index contributed by atoms with van der Waals surface area (Å²) in [5, 5.41) is 10.2. The Labute approximate surface area is 161 Å². The van der Waals surface area contributed by atoms with Crippen molar-refractivity contribution in [3.8, 4) is 5.75 Å². The summed E-state index contributed by atoms with van der Waals surface area (Å²) in [6, 6.07) is 3.96. The fourth-order valence-electron chi connectivity index (χ4n) is 2.87. The van der Waals surface area contributed by atoms with Gasteiger partial charge in [-0.15, -0.1) is 0 Å². The molecule has 2 rings (SSSR count). The van der Waals surface area contributed by atoms with Crippen molar-refractivity contribution in [1.82, 2.24) is 0 Å².